The van der Waals surface area contributed by atoms with E-state index in [0.717, 1.165) is 43.5 Å². The summed E-state index contributed by atoms with van der Waals surface area (Å²) in [7, 11) is 1.61. The minimum Gasteiger partial charge on any atom is -0.495 e. The maximum Gasteiger partial charge on any atom is 0.254 e. The van der Waals surface area contributed by atoms with Crippen LogP contribution in [0.15, 0.2) is 49.4 Å². The third-order valence-corrected chi connectivity index (χ3v) is 6.71. The molecule has 2 amide bonds. The van der Waals surface area contributed by atoms with Gasteiger partial charge in [0.05, 0.1) is 30.7 Å². The molecule has 0 radical (unpaired) electrons. The van der Waals surface area contributed by atoms with E-state index in [-0.39, 0.29) is 29.3 Å². The Kier molecular flexibility index (Phi) is 6.76. The zero-order chi connectivity index (χ0) is 25.9. The van der Waals surface area contributed by atoms with Crippen LogP contribution in [0, 0.1) is 0 Å². The highest BCUT2D eigenvalue weighted by Crippen LogP contribution is 2.47. The number of hydrogen-bond donors (Lipinski definition) is 3. The fraction of sp³-hybridized carbons (Fsp3) is 0.346. The predicted molar refractivity (Wildman–Crippen MR) is 139 cm³/mol. The number of carbonyl (C=O) groups excluding carboxylic acids is 2. The monoisotopic (exact) mass is 502 g/mol. The Balaban J connectivity index is 1.38. The van der Waals surface area contributed by atoms with Gasteiger partial charge in [0.1, 0.15) is 17.1 Å². The molecule has 11 nitrogen and oxygen atoms in total. The van der Waals surface area contributed by atoms with Crippen LogP contribution in [-0.2, 0) is 4.79 Å². The van der Waals surface area contributed by atoms with Crippen LogP contribution >= 0.6 is 0 Å². The third kappa shape index (κ3) is 5.25. The fourth-order valence-electron chi connectivity index (χ4n) is 4.65. The molecule has 1 saturated carbocycles. The Labute approximate surface area is 214 Å². The lowest BCUT2D eigenvalue weighted by Crippen LogP contribution is -2.39. The smallest absolute Gasteiger partial charge is 0.254 e. The molecule has 1 aliphatic heterocycles. The lowest BCUT2D eigenvalue weighted by atomic mass is 10.1. The number of nitrogens with two attached hydrogens (primary N) is 1. The molecule has 0 spiro atoms. The fourth-order valence-corrected chi connectivity index (χ4v) is 4.65. The summed E-state index contributed by atoms with van der Waals surface area (Å²) >= 11 is 0. The van der Waals surface area contributed by atoms with Crippen LogP contribution in [0.4, 0.5) is 23.1 Å². The van der Waals surface area contributed by atoms with E-state index < -0.39 is 5.91 Å². The lowest BCUT2D eigenvalue weighted by Gasteiger charge is -2.32. The summed E-state index contributed by atoms with van der Waals surface area (Å²) in [6.07, 6.45) is 10.3. The molecule has 1 saturated heterocycles. The van der Waals surface area contributed by atoms with Gasteiger partial charge in [-0.3, -0.25) is 14.3 Å². The number of ether oxygens (including phenoxy) is 1. The van der Waals surface area contributed by atoms with Crippen molar-refractivity contribution in [2.45, 2.75) is 37.6 Å². The van der Waals surface area contributed by atoms with Crippen molar-refractivity contribution in [3.05, 3.63) is 60.6 Å². The Bertz CT molecular complexity index is 1330. The molecule has 0 unspecified atom stereocenters. The quantitative estimate of drug-likeness (QED) is 0.378. The van der Waals surface area contributed by atoms with E-state index in [1.807, 2.05) is 23.0 Å². The van der Waals surface area contributed by atoms with Crippen LogP contribution in [0.3, 0.4) is 0 Å². The van der Waals surface area contributed by atoms with Gasteiger partial charge in [-0.1, -0.05) is 18.7 Å². The second-order valence-electron chi connectivity index (χ2n) is 9.26. The average Bonchev–Trinajstić information content (AvgIpc) is 3.66. The van der Waals surface area contributed by atoms with Crippen LogP contribution in [0.5, 0.6) is 5.75 Å². The van der Waals surface area contributed by atoms with Crippen molar-refractivity contribution in [2.24, 2.45) is 5.73 Å². The van der Waals surface area contributed by atoms with Crippen LogP contribution in [0.1, 0.15) is 53.6 Å². The Morgan fingerprint density at radius 1 is 1.22 bits per heavy atom. The summed E-state index contributed by atoms with van der Waals surface area (Å²) in [5.74, 6) is 0.957. The first-order chi connectivity index (χ1) is 18.0. The number of anilines is 4. The Hall–Kier alpha value is -4.41. The maximum absolute atomic E-state index is 12.1. The van der Waals surface area contributed by atoms with Gasteiger partial charge in [-0.15, -0.1) is 0 Å². The predicted octanol–water partition coefficient (Wildman–Crippen LogP) is 3.49. The summed E-state index contributed by atoms with van der Waals surface area (Å²) < 4.78 is 7.42. The lowest BCUT2D eigenvalue weighted by molar-refractivity contribution is -0.127. The van der Waals surface area contributed by atoms with Crippen molar-refractivity contribution < 1.29 is 14.3 Å². The van der Waals surface area contributed by atoms with Crippen molar-refractivity contribution in [1.82, 2.24) is 24.6 Å². The summed E-state index contributed by atoms with van der Waals surface area (Å²) in [6, 6.07) is 5.93. The molecule has 192 valence electrons. The van der Waals surface area contributed by atoms with Gasteiger partial charge in [-0.25, -0.2) is 4.98 Å². The number of aromatic nitrogens is 4. The van der Waals surface area contributed by atoms with Crippen LogP contribution in [0.25, 0.3) is 0 Å². The molecular formula is C26H30N8O3. The van der Waals surface area contributed by atoms with E-state index in [4.69, 9.17) is 10.5 Å². The molecule has 1 aromatic carbocycles. The molecule has 3 aromatic rings. The zero-order valence-corrected chi connectivity index (χ0v) is 20.7. The average molecular weight is 503 g/mol. The van der Waals surface area contributed by atoms with E-state index in [2.05, 4.69) is 38.3 Å². The summed E-state index contributed by atoms with van der Waals surface area (Å²) in [6.45, 7) is 4.88. The maximum atomic E-state index is 12.1. The second-order valence-corrected chi connectivity index (χ2v) is 9.26. The highest BCUT2D eigenvalue weighted by atomic mass is 16.5. The summed E-state index contributed by atoms with van der Waals surface area (Å²) in [4.78, 5) is 34.8. The van der Waals surface area contributed by atoms with Crippen molar-refractivity contribution in [1.29, 1.82) is 0 Å². The van der Waals surface area contributed by atoms with Crippen molar-refractivity contribution >= 4 is 35.0 Å². The number of piperidine rings is 1. The number of nitrogens with one attached hydrogen (secondary N) is 2. The van der Waals surface area contributed by atoms with Gasteiger partial charge in [0.25, 0.3) is 5.91 Å². The molecule has 3 heterocycles. The topological polar surface area (TPSA) is 140 Å². The van der Waals surface area contributed by atoms with Gasteiger partial charge < -0.3 is 26.0 Å². The van der Waals surface area contributed by atoms with E-state index in [0.29, 0.717) is 23.9 Å². The number of amides is 2. The molecule has 1 atom stereocenters. The molecule has 4 N–H and O–H groups in total. The molecule has 2 fully saturated rings. The molecule has 37 heavy (non-hydrogen) atoms. The SMILES string of the molecule is C=CC(=O)N1CCC[C@H](n2cc(Nc3ncc(C(N)=O)c(Nc4c(OC)cccc4C4CC4)n3)cn2)C1. The molecule has 11 heteroatoms. The standard InChI is InChI=1S/C26H30N8O3/c1-3-22(35)33-11-5-6-18(15-33)34-14-17(12-29-34)30-26-28-13-20(24(27)36)25(32-26)31-23-19(16-9-10-16)7-4-8-21(23)37-2/h3-4,7-8,12-14,16,18H,1,5-6,9-11,15H2,2H3,(H2,27,36)(H2,28,30,31,32)/t18-/m0/s1. The van der Waals surface area contributed by atoms with Crippen molar-refractivity contribution in [3.8, 4) is 5.75 Å². The Morgan fingerprint density at radius 3 is 2.78 bits per heavy atom. The number of rotatable bonds is 9. The van der Waals surface area contributed by atoms with Crippen molar-refractivity contribution in [2.75, 3.05) is 30.8 Å². The highest BCUT2D eigenvalue weighted by Gasteiger charge is 2.28. The molecule has 1 aliphatic carbocycles. The minimum atomic E-state index is -0.638. The number of likely N-dealkylation sites (tertiary alicyclic amines) is 1. The normalized spacial score (nSPS) is 17.2. The number of para-hydroxylation sites is 1. The minimum absolute atomic E-state index is 0.0648. The van der Waals surface area contributed by atoms with Gasteiger partial charge in [0, 0.05) is 25.5 Å². The van der Waals surface area contributed by atoms with Gasteiger partial charge in [0.2, 0.25) is 11.9 Å². The molecule has 2 aromatic heterocycles. The van der Waals surface area contributed by atoms with Gasteiger partial charge in [0.15, 0.2) is 0 Å². The largest absolute Gasteiger partial charge is 0.495 e. The van der Waals surface area contributed by atoms with E-state index in [9.17, 15) is 9.59 Å². The number of primary amides is 1. The first-order valence-corrected chi connectivity index (χ1v) is 12.3. The van der Waals surface area contributed by atoms with E-state index in [1.54, 1.807) is 18.2 Å². The molecule has 2 aliphatic rings. The number of hydrogen-bond acceptors (Lipinski definition) is 8. The number of nitrogens with zero attached hydrogens (tertiary/aromatic N) is 5. The van der Waals surface area contributed by atoms with Gasteiger partial charge >= 0.3 is 0 Å². The van der Waals surface area contributed by atoms with E-state index in [1.165, 1.54) is 12.3 Å². The molecular weight excluding hydrogens is 472 g/mol. The van der Waals surface area contributed by atoms with Gasteiger partial charge in [-0.2, -0.15) is 10.1 Å². The van der Waals surface area contributed by atoms with Crippen LogP contribution in [-0.4, -0.2) is 56.7 Å². The summed E-state index contributed by atoms with van der Waals surface area (Å²) in [5.41, 5.74) is 8.35. The van der Waals surface area contributed by atoms with E-state index >= 15 is 0 Å². The Morgan fingerprint density at radius 2 is 2.05 bits per heavy atom. The summed E-state index contributed by atoms with van der Waals surface area (Å²) in [5, 5.41) is 10.9. The van der Waals surface area contributed by atoms with Crippen LogP contribution in [0.2, 0.25) is 0 Å². The third-order valence-electron chi connectivity index (χ3n) is 6.71. The first-order valence-electron chi connectivity index (χ1n) is 12.3. The first kappa shape index (κ1) is 24.3. The zero-order valence-electron chi connectivity index (χ0n) is 20.7. The van der Waals surface area contributed by atoms with Crippen LogP contribution < -0.4 is 21.1 Å². The van der Waals surface area contributed by atoms with Crippen molar-refractivity contribution in [3.63, 3.8) is 0 Å². The number of benzene rings is 1. The second kappa shape index (κ2) is 10.3. The molecule has 5 rings (SSSR count). The molecule has 0 bridgehead atoms. The highest BCUT2D eigenvalue weighted by molar-refractivity contribution is 5.98. The van der Waals surface area contributed by atoms with Gasteiger partial charge in [-0.05, 0) is 49.3 Å². The number of methoxy groups -OCH3 is 1. The number of carbonyl (C=O) groups is 2.